The fourth-order valence-electron chi connectivity index (χ4n) is 2.77. The highest BCUT2D eigenvalue weighted by molar-refractivity contribution is 8.01. The molecule has 1 atom stereocenters. The Hall–Kier alpha value is -2.00. The number of rotatable bonds is 9. The largest absolute Gasteiger partial charge is 0.494 e. The quantitative estimate of drug-likeness (QED) is 0.617. The van der Waals surface area contributed by atoms with Crippen LogP contribution in [0, 0.1) is 0 Å². The monoisotopic (exact) mass is 408 g/mol. The molecular formula is C18H24N4O3S2. The second-order valence-corrected chi connectivity index (χ2v) is 8.30. The summed E-state index contributed by atoms with van der Waals surface area (Å²) in [5.74, 6) is 1.93. The second kappa shape index (κ2) is 9.27. The number of benzene rings is 1. The maximum atomic E-state index is 12.2. The minimum Gasteiger partial charge on any atom is -0.494 e. The first-order valence-corrected chi connectivity index (χ1v) is 10.8. The molecule has 7 nitrogen and oxygen atoms in total. The number of amides is 1. The van der Waals surface area contributed by atoms with Crippen molar-refractivity contribution in [2.24, 2.45) is 0 Å². The highest BCUT2D eigenvalue weighted by Gasteiger charge is 2.22. The molecule has 146 valence electrons. The van der Waals surface area contributed by atoms with Gasteiger partial charge in [-0.25, -0.2) is 0 Å². The Morgan fingerprint density at radius 1 is 1.41 bits per heavy atom. The third kappa shape index (κ3) is 5.26. The van der Waals surface area contributed by atoms with E-state index in [2.05, 4.69) is 20.8 Å². The molecule has 1 aliphatic heterocycles. The average Bonchev–Trinajstić information content (AvgIpc) is 3.23. The Morgan fingerprint density at radius 2 is 2.26 bits per heavy atom. The SMILES string of the molecule is CCNc1nnc(SCC(=O)NCc2cc3c(cc2OCC)C[C@H](C)O3)s1. The third-order valence-corrected chi connectivity index (χ3v) is 5.93. The summed E-state index contributed by atoms with van der Waals surface area (Å²) in [5.41, 5.74) is 2.08. The van der Waals surface area contributed by atoms with E-state index in [1.807, 2.05) is 32.9 Å². The van der Waals surface area contributed by atoms with E-state index in [1.165, 1.54) is 23.1 Å². The van der Waals surface area contributed by atoms with E-state index in [-0.39, 0.29) is 12.0 Å². The van der Waals surface area contributed by atoms with Crippen LogP contribution < -0.4 is 20.1 Å². The van der Waals surface area contributed by atoms with Gasteiger partial charge < -0.3 is 20.1 Å². The number of nitrogens with zero attached hydrogens (tertiary/aromatic N) is 2. The van der Waals surface area contributed by atoms with Crippen molar-refractivity contribution in [1.82, 2.24) is 15.5 Å². The van der Waals surface area contributed by atoms with Gasteiger partial charge in [-0.1, -0.05) is 23.1 Å². The molecule has 2 aromatic rings. The van der Waals surface area contributed by atoms with Gasteiger partial charge in [0, 0.05) is 30.6 Å². The van der Waals surface area contributed by atoms with Crippen LogP contribution in [-0.2, 0) is 17.8 Å². The van der Waals surface area contributed by atoms with E-state index in [4.69, 9.17) is 9.47 Å². The van der Waals surface area contributed by atoms with E-state index in [0.717, 1.165) is 45.1 Å². The van der Waals surface area contributed by atoms with E-state index in [9.17, 15) is 4.79 Å². The fourth-order valence-corrected chi connectivity index (χ4v) is 4.42. The lowest BCUT2D eigenvalue weighted by Crippen LogP contribution is -2.24. The van der Waals surface area contributed by atoms with Crippen LogP contribution in [0.5, 0.6) is 11.5 Å². The molecule has 0 bridgehead atoms. The Bertz CT molecular complexity index is 797. The molecule has 2 heterocycles. The maximum Gasteiger partial charge on any atom is 0.230 e. The van der Waals surface area contributed by atoms with Gasteiger partial charge in [-0.2, -0.15) is 0 Å². The molecular weight excluding hydrogens is 384 g/mol. The van der Waals surface area contributed by atoms with Crippen molar-refractivity contribution >= 4 is 34.1 Å². The molecule has 0 spiro atoms. The molecule has 0 unspecified atom stereocenters. The predicted octanol–water partition coefficient (Wildman–Crippen LogP) is 3.10. The molecule has 9 heteroatoms. The molecule has 2 N–H and O–H groups in total. The first kappa shape index (κ1) is 19.8. The first-order valence-electron chi connectivity index (χ1n) is 9.01. The van der Waals surface area contributed by atoms with Crippen LogP contribution in [0.15, 0.2) is 16.5 Å². The highest BCUT2D eigenvalue weighted by atomic mass is 32.2. The Morgan fingerprint density at radius 3 is 3.04 bits per heavy atom. The van der Waals surface area contributed by atoms with Gasteiger partial charge >= 0.3 is 0 Å². The van der Waals surface area contributed by atoms with Crippen molar-refractivity contribution in [3.8, 4) is 11.5 Å². The topological polar surface area (TPSA) is 85.4 Å². The van der Waals surface area contributed by atoms with Crippen LogP contribution in [-0.4, -0.2) is 41.1 Å². The van der Waals surface area contributed by atoms with Crippen LogP contribution in [0.2, 0.25) is 0 Å². The van der Waals surface area contributed by atoms with Crippen molar-refractivity contribution in [3.63, 3.8) is 0 Å². The number of carbonyl (C=O) groups is 1. The number of anilines is 1. The summed E-state index contributed by atoms with van der Waals surface area (Å²) >= 11 is 2.83. The van der Waals surface area contributed by atoms with Gasteiger partial charge in [-0.3, -0.25) is 4.79 Å². The van der Waals surface area contributed by atoms with Gasteiger partial charge in [-0.05, 0) is 32.9 Å². The highest BCUT2D eigenvalue weighted by Crippen LogP contribution is 2.35. The van der Waals surface area contributed by atoms with Crippen LogP contribution >= 0.6 is 23.1 Å². The molecule has 1 aromatic heterocycles. The molecule has 0 aliphatic carbocycles. The Balaban J connectivity index is 1.55. The van der Waals surface area contributed by atoms with Crippen molar-refractivity contribution in [3.05, 3.63) is 23.3 Å². The summed E-state index contributed by atoms with van der Waals surface area (Å²) in [6.45, 7) is 7.78. The number of hydrogen-bond acceptors (Lipinski definition) is 8. The van der Waals surface area contributed by atoms with Gasteiger partial charge in [0.2, 0.25) is 11.0 Å². The molecule has 0 fully saturated rings. The van der Waals surface area contributed by atoms with E-state index >= 15 is 0 Å². The number of ether oxygens (including phenoxy) is 2. The lowest BCUT2D eigenvalue weighted by molar-refractivity contribution is -0.118. The fraction of sp³-hybridized carbons (Fsp3) is 0.500. The zero-order chi connectivity index (χ0) is 19.2. The Kier molecular flexibility index (Phi) is 6.78. The van der Waals surface area contributed by atoms with Crippen LogP contribution in [0.1, 0.15) is 31.9 Å². The predicted molar refractivity (Wildman–Crippen MR) is 108 cm³/mol. The van der Waals surface area contributed by atoms with Crippen LogP contribution in [0.25, 0.3) is 0 Å². The summed E-state index contributed by atoms with van der Waals surface area (Å²) in [6.07, 6.45) is 1.06. The van der Waals surface area contributed by atoms with Crippen molar-refractivity contribution < 1.29 is 14.3 Å². The first-order chi connectivity index (χ1) is 13.1. The number of nitrogens with one attached hydrogen (secondary N) is 2. The standard InChI is InChI=1S/C18H24N4O3S2/c1-4-19-17-21-22-18(27-17)26-10-16(23)20-9-13-8-15-12(6-11(3)25-15)7-14(13)24-5-2/h7-8,11H,4-6,9-10H2,1-3H3,(H,19,21)(H,20,23)/t11-/m0/s1. The van der Waals surface area contributed by atoms with Crippen molar-refractivity contribution in [2.45, 2.75) is 44.2 Å². The molecule has 0 saturated carbocycles. The maximum absolute atomic E-state index is 12.2. The Labute approximate surface area is 167 Å². The second-order valence-electron chi connectivity index (χ2n) is 6.10. The van der Waals surface area contributed by atoms with Gasteiger partial charge in [0.25, 0.3) is 0 Å². The molecule has 1 amide bonds. The number of aromatic nitrogens is 2. The summed E-state index contributed by atoms with van der Waals surface area (Å²) in [4.78, 5) is 12.2. The smallest absolute Gasteiger partial charge is 0.230 e. The number of fused-ring (bicyclic) bond motifs is 1. The molecule has 0 saturated heterocycles. The van der Waals surface area contributed by atoms with E-state index in [1.54, 1.807) is 0 Å². The number of carbonyl (C=O) groups excluding carboxylic acids is 1. The molecule has 1 aliphatic rings. The average molecular weight is 409 g/mol. The normalized spacial score (nSPS) is 15.1. The minimum absolute atomic E-state index is 0.0579. The van der Waals surface area contributed by atoms with Gasteiger partial charge in [0.15, 0.2) is 4.34 Å². The van der Waals surface area contributed by atoms with Crippen molar-refractivity contribution in [1.29, 1.82) is 0 Å². The molecule has 3 rings (SSSR count). The summed E-state index contributed by atoms with van der Waals surface area (Å²) in [5, 5.41) is 14.9. The van der Waals surface area contributed by atoms with Crippen LogP contribution in [0.4, 0.5) is 5.13 Å². The third-order valence-electron chi connectivity index (χ3n) is 3.92. The van der Waals surface area contributed by atoms with Gasteiger partial charge in [-0.15, -0.1) is 10.2 Å². The summed E-state index contributed by atoms with van der Waals surface area (Å²) in [6, 6.07) is 4.01. The van der Waals surface area contributed by atoms with E-state index < -0.39 is 0 Å². The van der Waals surface area contributed by atoms with Crippen molar-refractivity contribution in [2.75, 3.05) is 24.2 Å². The molecule has 27 heavy (non-hydrogen) atoms. The van der Waals surface area contributed by atoms with E-state index in [0.29, 0.717) is 18.9 Å². The number of thioether (sulfide) groups is 1. The molecule has 1 aromatic carbocycles. The zero-order valence-electron chi connectivity index (χ0n) is 15.7. The molecule has 0 radical (unpaired) electrons. The van der Waals surface area contributed by atoms with Gasteiger partial charge in [0.1, 0.15) is 17.6 Å². The number of hydrogen-bond donors (Lipinski definition) is 2. The lowest BCUT2D eigenvalue weighted by Gasteiger charge is -2.13. The van der Waals surface area contributed by atoms with Gasteiger partial charge in [0.05, 0.1) is 12.4 Å². The summed E-state index contributed by atoms with van der Waals surface area (Å²) < 4.78 is 12.3. The minimum atomic E-state index is -0.0579. The lowest BCUT2D eigenvalue weighted by atomic mass is 10.1. The zero-order valence-corrected chi connectivity index (χ0v) is 17.3. The van der Waals surface area contributed by atoms with Crippen LogP contribution in [0.3, 0.4) is 0 Å². The summed E-state index contributed by atoms with van der Waals surface area (Å²) in [7, 11) is 0.